The van der Waals surface area contributed by atoms with E-state index in [-0.39, 0.29) is 18.5 Å². The molecule has 218 valence electrons. The smallest absolute Gasteiger partial charge is 0.416 e. The molecule has 3 N–H and O–H groups in total. The van der Waals surface area contributed by atoms with Crippen LogP contribution >= 0.6 is 0 Å². The number of halogens is 3. The zero-order chi connectivity index (χ0) is 30.1. The Morgan fingerprint density at radius 1 is 0.875 bits per heavy atom. The van der Waals surface area contributed by atoms with Crippen molar-refractivity contribution in [3.05, 3.63) is 70.8 Å². The highest BCUT2D eigenvalue weighted by molar-refractivity contribution is 5.94. The third-order valence-corrected chi connectivity index (χ3v) is 5.64. The molecule has 0 saturated heterocycles. The Kier molecular flexibility index (Phi) is 11.1. The minimum absolute atomic E-state index is 0.0295. The number of alkyl halides is 3. The van der Waals surface area contributed by atoms with Crippen LogP contribution in [0.4, 0.5) is 18.0 Å². The van der Waals surface area contributed by atoms with Crippen LogP contribution in [-0.4, -0.2) is 43.1 Å². The fraction of sp³-hybridized carbons (Fsp3) is 0.429. The number of rotatable bonds is 10. The van der Waals surface area contributed by atoms with Crippen LogP contribution in [0.2, 0.25) is 0 Å². The summed E-state index contributed by atoms with van der Waals surface area (Å²) >= 11 is 0. The van der Waals surface area contributed by atoms with Crippen molar-refractivity contribution in [3.63, 3.8) is 0 Å². The number of benzene rings is 2. The van der Waals surface area contributed by atoms with Gasteiger partial charge in [-0.15, -0.1) is 0 Å². The number of methoxy groups -OCH3 is 1. The maximum Gasteiger partial charge on any atom is 0.416 e. The average Bonchev–Trinajstić information content (AvgIpc) is 2.88. The highest BCUT2D eigenvalue weighted by Gasteiger charge is 2.32. The Labute approximate surface area is 230 Å². The van der Waals surface area contributed by atoms with Crippen molar-refractivity contribution in [3.8, 4) is 0 Å². The first-order valence-electron chi connectivity index (χ1n) is 12.6. The van der Waals surface area contributed by atoms with Gasteiger partial charge in [-0.1, -0.05) is 31.2 Å². The summed E-state index contributed by atoms with van der Waals surface area (Å²) in [5.41, 5.74) is -0.641. The maximum absolute atomic E-state index is 13.3. The number of carbonyl (C=O) groups excluding carboxylic acids is 4. The first-order valence-corrected chi connectivity index (χ1v) is 12.6. The molecule has 2 rings (SSSR count). The summed E-state index contributed by atoms with van der Waals surface area (Å²) in [6.07, 6.45) is -5.01. The molecule has 2 aromatic carbocycles. The van der Waals surface area contributed by atoms with Crippen molar-refractivity contribution in [2.24, 2.45) is 0 Å². The predicted octanol–water partition coefficient (Wildman–Crippen LogP) is 4.83. The van der Waals surface area contributed by atoms with Gasteiger partial charge in [0.1, 0.15) is 11.6 Å². The molecule has 0 aromatic heterocycles. The minimum Gasteiger partial charge on any atom is -0.469 e. The van der Waals surface area contributed by atoms with Gasteiger partial charge in [0.05, 0.1) is 25.1 Å². The highest BCUT2D eigenvalue weighted by atomic mass is 19.4. The molecule has 12 heteroatoms. The molecule has 0 saturated carbocycles. The van der Waals surface area contributed by atoms with E-state index in [2.05, 4.69) is 20.7 Å². The van der Waals surface area contributed by atoms with Crippen LogP contribution in [0.15, 0.2) is 48.5 Å². The topological polar surface area (TPSA) is 123 Å². The molecular weight excluding hydrogens is 531 g/mol. The van der Waals surface area contributed by atoms with Crippen LogP contribution in [0.3, 0.4) is 0 Å². The van der Waals surface area contributed by atoms with E-state index in [9.17, 15) is 32.3 Å². The molecule has 0 heterocycles. The van der Waals surface area contributed by atoms with Gasteiger partial charge in [0, 0.05) is 12.1 Å². The molecule has 0 radical (unpaired) electrons. The number of hydrogen-bond donors (Lipinski definition) is 3. The number of alkyl carbamates (subject to hydrolysis) is 1. The number of amides is 3. The second-order valence-electron chi connectivity index (χ2n) is 9.87. The van der Waals surface area contributed by atoms with E-state index < -0.39 is 53.3 Å². The number of ether oxygens (including phenoxy) is 2. The lowest BCUT2D eigenvalue weighted by atomic mass is 10.00. The van der Waals surface area contributed by atoms with Crippen LogP contribution in [0.5, 0.6) is 0 Å². The predicted molar refractivity (Wildman–Crippen MR) is 140 cm³/mol. The third kappa shape index (κ3) is 9.90. The Morgan fingerprint density at radius 3 is 1.95 bits per heavy atom. The molecule has 0 bridgehead atoms. The molecule has 0 aliphatic carbocycles. The Bertz CT molecular complexity index is 1180. The normalized spacial score (nSPS) is 13.0. The molecule has 0 aliphatic rings. The summed E-state index contributed by atoms with van der Waals surface area (Å²) in [6.45, 7) is 6.82. The van der Waals surface area contributed by atoms with E-state index in [1.54, 1.807) is 45.0 Å². The molecule has 3 amide bonds. The first-order chi connectivity index (χ1) is 18.6. The summed E-state index contributed by atoms with van der Waals surface area (Å²) in [7, 11) is 1.26. The fourth-order valence-electron chi connectivity index (χ4n) is 3.62. The van der Waals surface area contributed by atoms with E-state index in [0.29, 0.717) is 17.5 Å². The van der Waals surface area contributed by atoms with Crippen molar-refractivity contribution < 1.29 is 41.8 Å². The van der Waals surface area contributed by atoms with E-state index in [1.807, 2.05) is 6.92 Å². The van der Waals surface area contributed by atoms with E-state index in [0.717, 1.165) is 24.3 Å². The second kappa shape index (κ2) is 13.8. The molecular formula is C28H34F3N3O6. The first kappa shape index (κ1) is 32.1. The van der Waals surface area contributed by atoms with Gasteiger partial charge in [0.25, 0.3) is 5.91 Å². The van der Waals surface area contributed by atoms with Crippen molar-refractivity contribution in [2.75, 3.05) is 13.7 Å². The molecule has 0 spiro atoms. The van der Waals surface area contributed by atoms with Gasteiger partial charge in [-0.2, -0.15) is 13.2 Å². The number of nitrogens with one attached hydrogen (secondary N) is 3. The summed E-state index contributed by atoms with van der Waals surface area (Å²) in [6, 6.07) is 8.45. The minimum atomic E-state index is -4.56. The van der Waals surface area contributed by atoms with Gasteiger partial charge >= 0.3 is 18.2 Å². The molecule has 40 heavy (non-hydrogen) atoms. The Balaban J connectivity index is 2.21. The van der Waals surface area contributed by atoms with Gasteiger partial charge in [-0.05, 0) is 62.6 Å². The summed E-state index contributed by atoms with van der Waals surface area (Å²) in [5, 5.41) is 7.86. The molecule has 0 fully saturated rings. The lowest BCUT2D eigenvalue weighted by Crippen LogP contribution is -2.43. The average molecular weight is 566 g/mol. The monoisotopic (exact) mass is 565 g/mol. The van der Waals surface area contributed by atoms with E-state index in [1.165, 1.54) is 7.11 Å². The van der Waals surface area contributed by atoms with Gasteiger partial charge in [0.2, 0.25) is 5.91 Å². The third-order valence-electron chi connectivity index (χ3n) is 5.64. The number of esters is 1. The van der Waals surface area contributed by atoms with Gasteiger partial charge in [0.15, 0.2) is 0 Å². The second-order valence-corrected chi connectivity index (χ2v) is 9.87. The lowest BCUT2D eigenvalue weighted by Gasteiger charge is -2.26. The summed E-state index contributed by atoms with van der Waals surface area (Å²) in [4.78, 5) is 49.3. The number of hydrogen-bond acceptors (Lipinski definition) is 6. The zero-order valence-corrected chi connectivity index (χ0v) is 23.0. The molecule has 0 aliphatic heterocycles. The van der Waals surface area contributed by atoms with Crippen LogP contribution in [0.1, 0.15) is 79.7 Å². The zero-order valence-electron chi connectivity index (χ0n) is 23.0. The lowest BCUT2D eigenvalue weighted by molar-refractivity contribution is -0.140. The van der Waals surface area contributed by atoms with E-state index >= 15 is 0 Å². The fourth-order valence-corrected chi connectivity index (χ4v) is 3.62. The Hall–Kier alpha value is -4.09. The quantitative estimate of drug-likeness (QED) is 0.355. The standard InChI is InChI=1S/C28H34F3N3O6/c1-6-21(17-7-9-19(10-8-17)24(36)32-16-15-22(35)39-5)33-25(37)23(34-26(38)40-27(2,3)4)18-11-13-20(14-12-18)28(29,30)31/h7-14,21,23H,6,15-16H2,1-5H3,(H,32,36)(H,33,37)(H,34,38)/t21-,23?/m1/s1. The van der Waals surface area contributed by atoms with Crippen molar-refractivity contribution in [2.45, 2.75) is 64.4 Å². The highest BCUT2D eigenvalue weighted by Crippen LogP contribution is 2.30. The largest absolute Gasteiger partial charge is 0.469 e. The van der Waals surface area contributed by atoms with Gasteiger partial charge in [-0.3, -0.25) is 14.4 Å². The van der Waals surface area contributed by atoms with Crippen LogP contribution in [0, 0.1) is 0 Å². The van der Waals surface area contributed by atoms with Crippen molar-refractivity contribution in [1.29, 1.82) is 0 Å². The molecule has 1 unspecified atom stereocenters. The molecule has 9 nitrogen and oxygen atoms in total. The summed E-state index contributed by atoms with van der Waals surface area (Å²) in [5.74, 6) is -1.51. The maximum atomic E-state index is 13.3. The van der Waals surface area contributed by atoms with Gasteiger partial charge in [-0.25, -0.2) is 4.79 Å². The van der Waals surface area contributed by atoms with Crippen LogP contribution in [-0.2, 0) is 25.2 Å². The number of carbonyl (C=O) groups is 4. The SMILES string of the molecule is CC[C@@H](NC(=O)C(NC(=O)OC(C)(C)C)c1ccc(C(F)(F)F)cc1)c1ccc(C(=O)NCCC(=O)OC)cc1. The Morgan fingerprint density at radius 2 is 1.45 bits per heavy atom. The van der Waals surface area contributed by atoms with Crippen molar-refractivity contribution >= 4 is 23.9 Å². The van der Waals surface area contributed by atoms with Crippen molar-refractivity contribution in [1.82, 2.24) is 16.0 Å². The van der Waals surface area contributed by atoms with Crippen LogP contribution in [0.25, 0.3) is 0 Å². The molecule has 2 atom stereocenters. The van der Waals surface area contributed by atoms with Gasteiger partial charge < -0.3 is 25.4 Å². The summed E-state index contributed by atoms with van der Waals surface area (Å²) < 4.78 is 48.9. The van der Waals surface area contributed by atoms with E-state index in [4.69, 9.17) is 4.74 Å². The van der Waals surface area contributed by atoms with Crippen LogP contribution < -0.4 is 16.0 Å². The molecule has 2 aromatic rings.